The van der Waals surface area contributed by atoms with Gasteiger partial charge in [-0.25, -0.2) is 4.79 Å². The van der Waals surface area contributed by atoms with E-state index in [0.29, 0.717) is 56.0 Å². The topological polar surface area (TPSA) is 103 Å². The zero-order chi connectivity index (χ0) is 25.8. The summed E-state index contributed by atoms with van der Waals surface area (Å²) in [5.41, 5.74) is -0.0347. The van der Waals surface area contributed by atoms with Crippen molar-refractivity contribution in [1.29, 1.82) is 0 Å². The number of aryl methyl sites for hydroxylation is 1. The summed E-state index contributed by atoms with van der Waals surface area (Å²) in [6.07, 6.45) is 3.05. The van der Waals surface area contributed by atoms with E-state index in [9.17, 15) is 19.2 Å². The van der Waals surface area contributed by atoms with E-state index >= 15 is 0 Å². The Balaban J connectivity index is 1.38. The third kappa shape index (κ3) is 5.33. The molecule has 2 aliphatic rings. The maximum Gasteiger partial charge on any atom is 0.331 e. The molecule has 1 aliphatic carbocycles. The van der Waals surface area contributed by atoms with Gasteiger partial charge in [0.25, 0.3) is 5.56 Å². The average Bonchev–Trinajstić information content (AvgIpc) is 2.90. The van der Waals surface area contributed by atoms with E-state index in [-0.39, 0.29) is 41.5 Å². The highest BCUT2D eigenvalue weighted by Crippen LogP contribution is 2.31. The van der Waals surface area contributed by atoms with Crippen LogP contribution in [-0.2, 0) is 27.9 Å². The Morgan fingerprint density at radius 2 is 1.67 bits per heavy atom. The molecule has 2 aromatic rings. The fourth-order valence-electron chi connectivity index (χ4n) is 5.41. The first kappa shape index (κ1) is 25.9. The molecule has 0 spiro atoms. The predicted octanol–water partition coefficient (Wildman–Crippen LogP) is 1.22. The van der Waals surface area contributed by atoms with Crippen molar-refractivity contribution in [3.63, 3.8) is 0 Å². The summed E-state index contributed by atoms with van der Waals surface area (Å²) in [6, 6.07) is 5.22. The molecule has 10 nitrogen and oxygen atoms in total. The number of aromatic nitrogens is 2. The minimum Gasteiger partial charge on any atom is -0.494 e. The highest BCUT2D eigenvalue weighted by atomic mass is 16.5. The molecule has 0 radical (unpaired) electrons. The molecule has 4 rings (SSSR count). The van der Waals surface area contributed by atoms with Crippen molar-refractivity contribution >= 4 is 22.7 Å². The largest absolute Gasteiger partial charge is 0.494 e. The Bertz CT molecular complexity index is 1220. The van der Waals surface area contributed by atoms with Gasteiger partial charge < -0.3 is 19.3 Å². The van der Waals surface area contributed by atoms with Crippen molar-refractivity contribution in [2.75, 3.05) is 46.5 Å². The highest BCUT2D eigenvalue weighted by molar-refractivity contribution is 5.81. The summed E-state index contributed by atoms with van der Waals surface area (Å²) < 4.78 is 13.3. The van der Waals surface area contributed by atoms with Gasteiger partial charge >= 0.3 is 5.69 Å². The zero-order valence-electron chi connectivity index (χ0n) is 21.4. The van der Waals surface area contributed by atoms with Gasteiger partial charge in [-0.05, 0) is 56.7 Å². The summed E-state index contributed by atoms with van der Waals surface area (Å²) >= 11 is 0. The van der Waals surface area contributed by atoms with Crippen LogP contribution in [0.25, 0.3) is 10.9 Å². The maximum absolute atomic E-state index is 13.2. The minimum absolute atomic E-state index is 0.0469. The lowest BCUT2D eigenvalue weighted by atomic mass is 9.81. The van der Waals surface area contributed by atoms with Crippen molar-refractivity contribution in [3.05, 3.63) is 39.0 Å². The SMILES string of the molecule is CCOc1ccc2c(c1)c(=O)n(CC1CCC(C(=O)N3CCN(C(=O)COC)CC3)CC1)c(=O)n2C. The number of hydrogen-bond acceptors (Lipinski definition) is 6. The summed E-state index contributed by atoms with van der Waals surface area (Å²) in [7, 11) is 3.18. The Morgan fingerprint density at radius 1 is 1.00 bits per heavy atom. The van der Waals surface area contributed by atoms with Crippen LogP contribution >= 0.6 is 0 Å². The monoisotopic (exact) mass is 500 g/mol. The fourth-order valence-corrected chi connectivity index (χ4v) is 5.41. The second kappa shape index (κ2) is 11.3. The van der Waals surface area contributed by atoms with Crippen LogP contribution in [0.2, 0.25) is 0 Å². The lowest BCUT2D eigenvalue weighted by Gasteiger charge is -2.38. The number of ether oxygens (including phenoxy) is 2. The van der Waals surface area contributed by atoms with Crippen molar-refractivity contribution in [2.45, 2.75) is 39.2 Å². The van der Waals surface area contributed by atoms with Crippen LogP contribution in [0.3, 0.4) is 0 Å². The van der Waals surface area contributed by atoms with Gasteiger partial charge in [0.15, 0.2) is 0 Å². The van der Waals surface area contributed by atoms with Crippen molar-refractivity contribution in [2.24, 2.45) is 18.9 Å². The van der Waals surface area contributed by atoms with E-state index in [2.05, 4.69) is 0 Å². The summed E-state index contributed by atoms with van der Waals surface area (Å²) in [5, 5.41) is 0.468. The van der Waals surface area contributed by atoms with Crippen LogP contribution < -0.4 is 16.0 Å². The molecule has 196 valence electrons. The molecule has 2 amide bonds. The number of hydrogen-bond donors (Lipinski definition) is 0. The average molecular weight is 501 g/mol. The van der Waals surface area contributed by atoms with E-state index in [4.69, 9.17) is 9.47 Å². The van der Waals surface area contributed by atoms with Gasteiger partial charge in [0.1, 0.15) is 12.4 Å². The second-order valence-corrected chi connectivity index (χ2v) is 9.73. The minimum atomic E-state index is -0.323. The number of carbonyl (C=O) groups is 2. The van der Waals surface area contributed by atoms with Gasteiger partial charge in [-0.15, -0.1) is 0 Å². The van der Waals surface area contributed by atoms with Gasteiger partial charge in [0.05, 0.1) is 17.5 Å². The van der Waals surface area contributed by atoms with Crippen LogP contribution in [0.15, 0.2) is 27.8 Å². The fraction of sp³-hybridized carbons (Fsp3) is 0.615. The summed E-state index contributed by atoms with van der Waals surface area (Å²) in [5.74, 6) is 0.821. The first-order valence-corrected chi connectivity index (χ1v) is 12.8. The first-order chi connectivity index (χ1) is 17.3. The summed E-state index contributed by atoms with van der Waals surface area (Å²) in [4.78, 5) is 54.9. The molecular weight excluding hydrogens is 464 g/mol. The third-order valence-corrected chi connectivity index (χ3v) is 7.48. The lowest BCUT2D eigenvalue weighted by Crippen LogP contribution is -2.52. The molecule has 1 aromatic heterocycles. The molecule has 1 saturated heterocycles. The lowest BCUT2D eigenvalue weighted by molar-refractivity contribution is -0.144. The molecule has 1 saturated carbocycles. The summed E-state index contributed by atoms with van der Waals surface area (Å²) in [6.45, 7) is 4.94. The van der Waals surface area contributed by atoms with Crippen LogP contribution in [0.1, 0.15) is 32.6 Å². The van der Waals surface area contributed by atoms with Gasteiger partial charge in [0.2, 0.25) is 11.8 Å². The number of piperazine rings is 1. The second-order valence-electron chi connectivity index (χ2n) is 9.73. The number of benzene rings is 1. The molecule has 0 N–H and O–H groups in total. The molecule has 2 fully saturated rings. The van der Waals surface area contributed by atoms with Gasteiger partial charge in [-0.1, -0.05) is 0 Å². The number of amides is 2. The van der Waals surface area contributed by atoms with E-state index in [1.165, 1.54) is 16.2 Å². The van der Waals surface area contributed by atoms with Crippen LogP contribution in [-0.4, -0.2) is 77.3 Å². The number of methoxy groups -OCH3 is 1. The van der Waals surface area contributed by atoms with Gasteiger partial charge in [-0.3, -0.25) is 23.5 Å². The van der Waals surface area contributed by atoms with Crippen LogP contribution in [0.5, 0.6) is 5.75 Å². The Hall–Kier alpha value is -3.14. The molecule has 1 aromatic carbocycles. The standard InChI is InChI=1S/C26H36N4O6/c1-4-36-20-9-10-22-21(15-20)25(33)30(26(34)27(22)2)16-18-5-7-19(8-6-18)24(32)29-13-11-28(12-14-29)23(31)17-35-3/h9-10,15,18-19H,4-8,11-14,16-17H2,1-3H3. The van der Waals surface area contributed by atoms with Gasteiger partial charge in [-0.2, -0.15) is 0 Å². The molecule has 10 heteroatoms. The molecule has 36 heavy (non-hydrogen) atoms. The quantitative estimate of drug-likeness (QED) is 0.567. The number of rotatable bonds is 7. The number of nitrogens with zero attached hydrogens (tertiary/aromatic N) is 4. The van der Waals surface area contributed by atoms with Crippen LogP contribution in [0, 0.1) is 11.8 Å². The Labute approximate surface area is 210 Å². The third-order valence-electron chi connectivity index (χ3n) is 7.48. The van der Waals surface area contributed by atoms with Crippen molar-refractivity contribution in [3.8, 4) is 5.75 Å². The number of carbonyl (C=O) groups excluding carboxylic acids is 2. The molecule has 0 bridgehead atoms. The molecule has 0 unspecified atom stereocenters. The van der Waals surface area contributed by atoms with Crippen molar-refractivity contribution < 1.29 is 19.1 Å². The highest BCUT2D eigenvalue weighted by Gasteiger charge is 2.32. The smallest absolute Gasteiger partial charge is 0.331 e. The molecule has 0 atom stereocenters. The number of fused-ring (bicyclic) bond motifs is 1. The molecule has 1 aliphatic heterocycles. The predicted molar refractivity (Wildman–Crippen MR) is 135 cm³/mol. The normalized spacial score (nSPS) is 20.5. The zero-order valence-corrected chi connectivity index (χ0v) is 21.4. The maximum atomic E-state index is 13.2. The molecule has 2 heterocycles. The van der Waals surface area contributed by atoms with E-state index in [1.807, 2.05) is 11.8 Å². The van der Waals surface area contributed by atoms with E-state index in [0.717, 1.165) is 25.7 Å². The first-order valence-electron chi connectivity index (χ1n) is 12.8. The van der Waals surface area contributed by atoms with Crippen molar-refractivity contribution in [1.82, 2.24) is 18.9 Å². The van der Waals surface area contributed by atoms with Gasteiger partial charge in [0, 0.05) is 52.8 Å². The molecular formula is C26H36N4O6. The van der Waals surface area contributed by atoms with E-state index < -0.39 is 0 Å². The Morgan fingerprint density at radius 3 is 2.31 bits per heavy atom. The Kier molecular flexibility index (Phi) is 8.13. The van der Waals surface area contributed by atoms with Crippen LogP contribution in [0.4, 0.5) is 0 Å². The van der Waals surface area contributed by atoms with E-state index in [1.54, 1.807) is 30.1 Å².